The molecule has 0 fully saturated rings. The molecule has 0 heterocycles. The summed E-state index contributed by atoms with van der Waals surface area (Å²) in [5.74, 6) is 0. The molecular weight excluding hydrogens is 326 g/mol. The van der Waals surface area contributed by atoms with Gasteiger partial charge in [0.2, 0.25) is 5.30 Å². The van der Waals surface area contributed by atoms with Crippen LogP contribution in [0.1, 0.15) is 0 Å². The second kappa shape index (κ2) is 9.50. The molecule has 3 aromatic rings. The van der Waals surface area contributed by atoms with Gasteiger partial charge in [0, 0.05) is 12.7 Å². The summed E-state index contributed by atoms with van der Waals surface area (Å²) < 4.78 is 10.8. The van der Waals surface area contributed by atoms with E-state index in [1.165, 1.54) is 5.30 Å². The normalized spacial score (nSPS) is 11.3. The van der Waals surface area contributed by atoms with Gasteiger partial charge in [-0.1, -0.05) is 63.2 Å². The molecule has 0 aliphatic heterocycles. The van der Waals surface area contributed by atoms with E-state index in [-0.39, 0.29) is 0 Å². The van der Waals surface area contributed by atoms with Crippen LogP contribution >= 0.6 is 16.6 Å². The standard InChI is InChI=1S/C10H7O2P.C8H11OP/c11-13(12)10-6-5-8-3-1-2-4-9(8)7-10;9-6-7-10-8-4-2-1-3-5-8/h1-7H;1-5,9-10H,6-7H2/p+1. The van der Waals surface area contributed by atoms with Crippen LogP contribution in [0.25, 0.3) is 10.8 Å². The van der Waals surface area contributed by atoms with E-state index in [9.17, 15) is 4.57 Å². The monoisotopic (exact) mass is 345 g/mol. The molecule has 0 radical (unpaired) electrons. The highest BCUT2D eigenvalue weighted by molar-refractivity contribution is 7.47. The van der Waals surface area contributed by atoms with Gasteiger partial charge >= 0.3 is 8.03 Å². The summed E-state index contributed by atoms with van der Waals surface area (Å²) in [6, 6.07) is 23.3. The summed E-state index contributed by atoms with van der Waals surface area (Å²) in [4.78, 5) is 8.89. The lowest BCUT2D eigenvalue weighted by Gasteiger charge is -1.96. The van der Waals surface area contributed by atoms with Crippen LogP contribution in [0.4, 0.5) is 0 Å². The Hall–Kier alpha value is -1.63. The number of hydrogen-bond acceptors (Lipinski definition) is 2. The number of rotatable bonds is 4. The van der Waals surface area contributed by atoms with Gasteiger partial charge in [-0.25, -0.2) is 0 Å². The lowest BCUT2D eigenvalue weighted by atomic mass is 10.1. The maximum absolute atomic E-state index is 10.8. The fraction of sp³-hybridized carbons (Fsp3) is 0.111. The van der Waals surface area contributed by atoms with E-state index in [0.29, 0.717) is 11.9 Å². The molecule has 3 rings (SSSR count). The van der Waals surface area contributed by atoms with Gasteiger partial charge in [0.15, 0.2) is 0 Å². The molecule has 3 aromatic carbocycles. The molecule has 0 aromatic heterocycles. The number of aliphatic hydroxyl groups is 1. The Kier molecular flexibility index (Phi) is 7.32. The molecular formula is C18H19O3P2+. The molecule has 0 aliphatic rings. The van der Waals surface area contributed by atoms with Crippen LogP contribution < -0.4 is 10.6 Å². The van der Waals surface area contributed by atoms with Crippen molar-refractivity contribution in [1.82, 2.24) is 0 Å². The third-order valence-corrected chi connectivity index (χ3v) is 5.10. The van der Waals surface area contributed by atoms with Crippen molar-refractivity contribution >= 4 is 38.0 Å². The van der Waals surface area contributed by atoms with Crippen molar-refractivity contribution in [2.75, 3.05) is 12.8 Å². The predicted molar refractivity (Wildman–Crippen MR) is 99.8 cm³/mol. The molecule has 5 heteroatoms. The Labute approximate surface area is 138 Å². The third-order valence-electron chi connectivity index (χ3n) is 3.17. The fourth-order valence-electron chi connectivity index (χ4n) is 2.05. The highest BCUT2D eigenvalue weighted by atomic mass is 31.1. The first kappa shape index (κ1) is 17.7. The highest BCUT2D eigenvalue weighted by Gasteiger charge is 2.15. The van der Waals surface area contributed by atoms with Crippen LogP contribution in [0.3, 0.4) is 0 Å². The Morgan fingerprint density at radius 1 is 0.870 bits per heavy atom. The quantitative estimate of drug-likeness (QED) is 0.714. The molecule has 0 saturated carbocycles. The number of benzene rings is 3. The molecule has 0 amide bonds. The van der Waals surface area contributed by atoms with Crippen molar-refractivity contribution in [3.8, 4) is 0 Å². The van der Waals surface area contributed by atoms with Gasteiger partial charge in [0.1, 0.15) is 0 Å². The first-order valence-corrected chi connectivity index (χ1v) is 9.67. The summed E-state index contributed by atoms with van der Waals surface area (Å²) in [5, 5.41) is 12.4. The molecule has 0 aliphatic carbocycles. The van der Waals surface area contributed by atoms with Gasteiger partial charge in [0.25, 0.3) is 0 Å². The molecule has 118 valence electrons. The number of aliphatic hydroxyl groups excluding tert-OH is 1. The Balaban J connectivity index is 0.000000174. The van der Waals surface area contributed by atoms with E-state index in [4.69, 9.17) is 10.00 Å². The smallest absolute Gasteiger partial charge is 0.396 e. The minimum absolute atomic E-state index is 0.299. The molecule has 23 heavy (non-hydrogen) atoms. The van der Waals surface area contributed by atoms with Crippen molar-refractivity contribution in [2.45, 2.75) is 0 Å². The largest absolute Gasteiger partial charge is 0.546 e. The van der Waals surface area contributed by atoms with Crippen molar-refractivity contribution < 1.29 is 14.6 Å². The maximum atomic E-state index is 10.8. The van der Waals surface area contributed by atoms with Crippen LogP contribution in [0.5, 0.6) is 0 Å². The number of fused-ring (bicyclic) bond motifs is 1. The minimum atomic E-state index is -2.22. The zero-order valence-electron chi connectivity index (χ0n) is 12.6. The minimum Gasteiger partial charge on any atom is -0.396 e. The average molecular weight is 345 g/mol. The summed E-state index contributed by atoms with van der Waals surface area (Å²) >= 11 is 0. The summed E-state index contributed by atoms with van der Waals surface area (Å²) in [5.41, 5.74) is 0. The van der Waals surface area contributed by atoms with Gasteiger partial charge in [-0.2, -0.15) is 4.89 Å². The molecule has 0 saturated heterocycles. The topological polar surface area (TPSA) is 57.5 Å². The highest BCUT2D eigenvalue weighted by Crippen LogP contribution is 2.18. The van der Waals surface area contributed by atoms with Gasteiger partial charge in [-0.05, 0) is 38.9 Å². The summed E-state index contributed by atoms with van der Waals surface area (Å²) in [6.45, 7) is 0.299. The number of hydrogen-bond donors (Lipinski definition) is 2. The first-order chi connectivity index (χ1) is 11.2. The van der Waals surface area contributed by atoms with Crippen LogP contribution in [0, 0.1) is 0 Å². The van der Waals surface area contributed by atoms with Gasteiger partial charge in [-0.15, -0.1) is 0 Å². The van der Waals surface area contributed by atoms with Gasteiger partial charge in [0.05, 0.1) is 0 Å². The second-order valence-electron chi connectivity index (χ2n) is 4.82. The Bertz CT molecular complexity index is 760. The van der Waals surface area contributed by atoms with Crippen molar-refractivity contribution in [1.29, 1.82) is 0 Å². The summed E-state index contributed by atoms with van der Waals surface area (Å²) in [6.07, 6.45) is 0.893. The lowest BCUT2D eigenvalue weighted by molar-refractivity contribution is 0.322. The predicted octanol–water partition coefficient (Wildman–Crippen LogP) is 3.18. The molecule has 2 N–H and O–H groups in total. The third kappa shape index (κ3) is 5.82. The SMILES string of the molecule is O=[P+](O)c1ccc2ccccc2c1.OCCPc1ccccc1. The van der Waals surface area contributed by atoms with Crippen LogP contribution in [0.15, 0.2) is 72.8 Å². The van der Waals surface area contributed by atoms with E-state index in [2.05, 4.69) is 12.1 Å². The van der Waals surface area contributed by atoms with E-state index >= 15 is 0 Å². The first-order valence-electron chi connectivity index (χ1n) is 7.25. The zero-order valence-corrected chi connectivity index (χ0v) is 14.5. The van der Waals surface area contributed by atoms with Crippen molar-refractivity contribution in [3.05, 3.63) is 72.8 Å². The van der Waals surface area contributed by atoms with Crippen molar-refractivity contribution in [3.63, 3.8) is 0 Å². The lowest BCUT2D eigenvalue weighted by Crippen LogP contribution is -1.95. The molecule has 2 atom stereocenters. The van der Waals surface area contributed by atoms with E-state index in [0.717, 1.165) is 25.5 Å². The van der Waals surface area contributed by atoms with Gasteiger partial charge < -0.3 is 5.11 Å². The Morgan fingerprint density at radius 3 is 2.17 bits per heavy atom. The molecule has 3 nitrogen and oxygen atoms in total. The fourth-order valence-corrected chi connectivity index (χ4v) is 3.33. The molecule has 0 bridgehead atoms. The van der Waals surface area contributed by atoms with Crippen molar-refractivity contribution in [2.24, 2.45) is 0 Å². The zero-order chi connectivity index (χ0) is 16.5. The summed E-state index contributed by atoms with van der Waals surface area (Å²) in [7, 11) is -1.46. The van der Waals surface area contributed by atoms with E-state index in [1.54, 1.807) is 12.1 Å². The van der Waals surface area contributed by atoms with Crippen LogP contribution in [-0.2, 0) is 4.57 Å². The second-order valence-corrected chi connectivity index (χ2v) is 7.31. The maximum Gasteiger partial charge on any atom is 0.546 e. The van der Waals surface area contributed by atoms with Gasteiger partial charge in [-0.3, -0.25) is 0 Å². The molecule has 2 unspecified atom stereocenters. The van der Waals surface area contributed by atoms with E-state index in [1.807, 2.05) is 48.5 Å². The average Bonchev–Trinajstić information content (AvgIpc) is 2.61. The Morgan fingerprint density at radius 2 is 1.52 bits per heavy atom. The van der Waals surface area contributed by atoms with Crippen LogP contribution in [0.2, 0.25) is 0 Å². The van der Waals surface area contributed by atoms with Crippen LogP contribution in [-0.4, -0.2) is 22.8 Å². The van der Waals surface area contributed by atoms with E-state index < -0.39 is 8.03 Å². The molecule has 0 spiro atoms.